The van der Waals surface area contributed by atoms with Crippen molar-refractivity contribution in [3.8, 4) is 0 Å². The summed E-state index contributed by atoms with van der Waals surface area (Å²) in [5, 5.41) is 2.90. The van der Waals surface area contributed by atoms with E-state index in [-0.39, 0.29) is 30.2 Å². The van der Waals surface area contributed by atoms with Gasteiger partial charge in [-0.1, -0.05) is 0 Å². The van der Waals surface area contributed by atoms with Crippen LogP contribution in [-0.2, 0) is 14.3 Å². The Balaban J connectivity index is 2.54. The molecule has 6 heteroatoms. The molecule has 0 radical (unpaired) electrons. The number of rotatable bonds is 7. The van der Waals surface area contributed by atoms with Crippen LogP contribution in [-0.4, -0.2) is 69.0 Å². The van der Waals surface area contributed by atoms with Crippen LogP contribution in [0.15, 0.2) is 0 Å². The molecule has 0 aromatic heterocycles. The quantitative estimate of drug-likeness (QED) is 0.658. The summed E-state index contributed by atoms with van der Waals surface area (Å²) in [6, 6.07) is 0.194. The number of hydrogen-bond donors (Lipinski definition) is 2. The average molecular weight is 273 g/mol. The number of ether oxygens (including phenoxy) is 2. The highest BCUT2D eigenvalue weighted by molar-refractivity contribution is 5.76. The number of nitrogens with one attached hydrogen (secondary N) is 1. The molecule has 19 heavy (non-hydrogen) atoms. The Hall–Kier alpha value is -0.690. The highest BCUT2D eigenvalue weighted by Crippen LogP contribution is 2.19. The van der Waals surface area contributed by atoms with E-state index < -0.39 is 0 Å². The van der Waals surface area contributed by atoms with E-state index in [2.05, 4.69) is 10.2 Å². The van der Waals surface area contributed by atoms with Gasteiger partial charge in [0.2, 0.25) is 5.91 Å². The first-order chi connectivity index (χ1) is 9.01. The lowest BCUT2D eigenvalue weighted by atomic mass is 10.1. The monoisotopic (exact) mass is 273 g/mol. The normalized spacial score (nSPS) is 25.8. The Morgan fingerprint density at radius 3 is 2.21 bits per heavy atom. The van der Waals surface area contributed by atoms with Crippen LogP contribution in [0.25, 0.3) is 0 Å². The highest BCUT2D eigenvalue weighted by atomic mass is 16.5. The number of amides is 1. The van der Waals surface area contributed by atoms with Gasteiger partial charge in [-0.3, -0.25) is 9.69 Å². The molecule has 0 aliphatic carbocycles. The standard InChI is InChI=1S/C13H27N3O3/c1-9(2)15-13(17)5-10(6-14)16-7-11(18-3)12(8-16)19-4/h9-12H,5-8,14H2,1-4H3,(H,15,17). The van der Waals surface area contributed by atoms with Gasteiger partial charge in [-0.25, -0.2) is 0 Å². The third-order valence-electron chi connectivity index (χ3n) is 3.51. The summed E-state index contributed by atoms with van der Waals surface area (Å²) < 4.78 is 10.8. The first-order valence-electron chi connectivity index (χ1n) is 6.80. The van der Waals surface area contributed by atoms with E-state index in [9.17, 15) is 4.79 Å². The van der Waals surface area contributed by atoms with E-state index in [0.29, 0.717) is 13.0 Å². The predicted molar refractivity (Wildman–Crippen MR) is 73.9 cm³/mol. The molecule has 3 N–H and O–H groups in total. The average Bonchev–Trinajstić information content (AvgIpc) is 2.78. The van der Waals surface area contributed by atoms with Crippen molar-refractivity contribution in [3.05, 3.63) is 0 Å². The van der Waals surface area contributed by atoms with Crippen molar-refractivity contribution in [3.63, 3.8) is 0 Å². The molecule has 1 saturated heterocycles. The van der Waals surface area contributed by atoms with Gasteiger partial charge in [0.25, 0.3) is 0 Å². The van der Waals surface area contributed by atoms with E-state index in [4.69, 9.17) is 15.2 Å². The van der Waals surface area contributed by atoms with Gasteiger partial charge in [0.1, 0.15) is 0 Å². The van der Waals surface area contributed by atoms with Crippen LogP contribution in [0.5, 0.6) is 0 Å². The number of nitrogens with two attached hydrogens (primary N) is 1. The maximum absolute atomic E-state index is 11.8. The Labute approximate surface area is 115 Å². The Morgan fingerprint density at radius 1 is 1.32 bits per heavy atom. The van der Waals surface area contributed by atoms with Crippen LogP contribution in [0.4, 0.5) is 0 Å². The number of likely N-dealkylation sites (tertiary alicyclic amines) is 1. The summed E-state index contributed by atoms with van der Waals surface area (Å²) in [7, 11) is 3.37. The topological polar surface area (TPSA) is 76.8 Å². The Kier molecular flexibility index (Phi) is 6.71. The van der Waals surface area contributed by atoms with Gasteiger partial charge < -0.3 is 20.5 Å². The molecule has 1 aliphatic rings. The van der Waals surface area contributed by atoms with Crippen molar-refractivity contribution in [2.75, 3.05) is 33.9 Å². The summed E-state index contributed by atoms with van der Waals surface area (Å²) in [6.45, 7) is 5.87. The molecule has 0 aromatic rings. The molecule has 6 nitrogen and oxygen atoms in total. The molecular weight excluding hydrogens is 246 g/mol. The fraction of sp³-hybridized carbons (Fsp3) is 0.923. The molecule has 3 atom stereocenters. The van der Waals surface area contributed by atoms with Gasteiger partial charge in [0.15, 0.2) is 0 Å². The summed E-state index contributed by atoms with van der Waals surface area (Å²) in [6.07, 6.45) is 0.515. The fourth-order valence-corrected chi connectivity index (χ4v) is 2.48. The van der Waals surface area contributed by atoms with Gasteiger partial charge in [0, 0.05) is 52.4 Å². The van der Waals surface area contributed by atoms with E-state index in [0.717, 1.165) is 13.1 Å². The van der Waals surface area contributed by atoms with Crippen LogP contribution in [0, 0.1) is 0 Å². The molecule has 1 rings (SSSR count). The van der Waals surface area contributed by atoms with Crippen LogP contribution in [0.3, 0.4) is 0 Å². The molecule has 0 aromatic carbocycles. The van der Waals surface area contributed by atoms with Crippen LogP contribution < -0.4 is 11.1 Å². The summed E-state index contributed by atoms with van der Waals surface area (Å²) in [5.41, 5.74) is 5.80. The van der Waals surface area contributed by atoms with Crippen molar-refractivity contribution in [2.24, 2.45) is 5.73 Å². The van der Waals surface area contributed by atoms with E-state index in [1.165, 1.54) is 0 Å². The first-order valence-corrected chi connectivity index (χ1v) is 6.80. The Bertz CT molecular complexity index is 274. The summed E-state index contributed by atoms with van der Waals surface area (Å²) >= 11 is 0. The third-order valence-corrected chi connectivity index (χ3v) is 3.51. The van der Waals surface area contributed by atoms with E-state index >= 15 is 0 Å². The second-order valence-corrected chi connectivity index (χ2v) is 5.32. The number of nitrogens with zero attached hydrogens (tertiary/aromatic N) is 1. The molecule has 1 amide bonds. The third kappa shape index (κ3) is 4.72. The molecular formula is C13H27N3O3. The molecule has 0 saturated carbocycles. The zero-order valence-corrected chi connectivity index (χ0v) is 12.4. The fourth-order valence-electron chi connectivity index (χ4n) is 2.48. The second kappa shape index (κ2) is 7.79. The largest absolute Gasteiger partial charge is 0.377 e. The smallest absolute Gasteiger partial charge is 0.221 e. The maximum atomic E-state index is 11.8. The molecule has 1 aliphatic heterocycles. The van der Waals surface area contributed by atoms with Crippen LogP contribution >= 0.6 is 0 Å². The SMILES string of the molecule is COC1CN(C(CN)CC(=O)NC(C)C)CC1OC. The minimum Gasteiger partial charge on any atom is -0.377 e. The number of methoxy groups -OCH3 is 2. The molecule has 0 bridgehead atoms. The zero-order valence-electron chi connectivity index (χ0n) is 12.4. The van der Waals surface area contributed by atoms with Crippen molar-refractivity contribution < 1.29 is 14.3 Å². The van der Waals surface area contributed by atoms with E-state index in [1.54, 1.807) is 14.2 Å². The number of carbonyl (C=O) groups is 1. The minimum absolute atomic E-state index is 0.0385. The molecule has 0 spiro atoms. The van der Waals surface area contributed by atoms with Gasteiger partial charge >= 0.3 is 0 Å². The van der Waals surface area contributed by atoms with Crippen LogP contribution in [0.1, 0.15) is 20.3 Å². The highest BCUT2D eigenvalue weighted by Gasteiger charge is 2.36. The van der Waals surface area contributed by atoms with Crippen molar-refractivity contribution in [1.82, 2.24) is 10.2 Å². The van der Waals surface area contributed by atoms with Gasteiger partial charge in [-0.15, -0.1) is 0 Å². The van der Waals surface area contributed by atoms with Crippen LogP contribution in [0.2, 0.25) is 0 Å². The molecule has 3 unspecified atom stereocenters. The lowest BCUT2D eigenvalue weighted by Crippen LogP contribution is -2.44. The van der Waals surface area contributed by atoms with Gasteiger partial charge in [0.05, 0.1) is 12.2 Å². The zero-order chi connectivity index (χ0) is 14.4. The molecule has 1 heterocycles. The van der Waals surface area contributed by atoms with Crippen molar-refractivity contribution >= 4 is 5.91 Å². The lowest BCUT2D eigenvalue weighted by Gasteiger charge is -2.26. The van der Waals surface area contributed by atoms with Gasteiger partial charge in [-0.05, 0) is 13.8 Å². The summed E-state index contributed by atoms with van der Waals surface area (Å²) in [4.78, 5) is 14.0. The van der Waals surface area contributed by atoms with Crippen molar-refractivity contribution in [2.45, 2.75) is 44.6 Å². The minimum atomic E-state index is 0.0385. The van der Waals surface area contributed by atoms with Crippen molar-refractivity contribution in [1.29, 1.82) is 0 Å². The number of carbonyl (C=O) groups excluding carboxylic acids is 1. The first kappa shape index (κ1) is 16.4. The molecule has 1 fully saturated rings. The van der Waals surface area contributed by atoms with Gasteiger partial charge in [-0.2, -0.15) is 0 Å². The molecule has 112 valence electrons. The lowest BCUT2D eigenvalue weighted by molar-refractivity contribution is -0.122. The number of hydrogen-bond acceptors (Lipinski definition) is 5. The maximum Gasteiger partial charge on any atom is 0.221 e. The van der Waals surface area contributed by atoms with E-state index in [1.807, 2.05) is 13.8 Å². The predicted octanol–water partition coefficient (Wildman–Crippen LogP) is -0.426. The second-order valence-electron chi connectivity index (χ2n) is 5.32. The Morgan fingerprint density at radius 2 is 1.84 bits per heavy atom. The summed E-state index contributed by atoms with van der Waals surface area (Å²) in [5.74, 6) is 0.0419.